The number of ether oxygens (including phenoxy) is 3. The van der Waals surface area contributed by atoms with Gasteiger partial charge in [0.05, 0.1) is 35.0 Å². The number of carbonyl (C=O) groups is 3. The lowest BCUT2D eigenvalue weighted by molar-refractivity contribution is -0.136. The summed E-state index contributed by atoms with van der Waals surface area (Å²) in [5.74, 6) is -1.10. The van der Waals surface area contributed by atoms with Crippen LogP contribution >= 0.6 is 39.1 Å². The molecule has 3 rings (SSSR count). The Kier molecular flexibility index (Phi) is 10.3. The van der Waals surface area contributed by atoms with Crippen molar-refractivity contribution in [2.24, 2.45) is 5.10 Å². The molecule has 3 aromatic rings. The van der Waals surface area contributed by atoms with E-state index in [1.54, 1.807) is 48.5 Å². The lowest BCUT2D eigenvalue weighted by Gasteiger charge is -2.13. The number of halogens is 3. The maximum absolute atomic E-state index is 12.3. The minimum absolute atomic E-state index is 0.275. The van der Waals surface area contributed by atoms with Gasteiger partial charge in [-0.05, 0) is 76.1 Å². The van der Waals surface area contributed by atoms with Gasteiger partial charge in [0.1, 0.15) is 5.75 Å². The molecule has 198 valence electrons. The number of rotatable bonds is 9. The Hall–Kier alpha value is -3.80. The smallest absolute Gasteiger partial charge is 0.329 e. The summed E-state index contributed by atoms with van der Waals surface area (Å²) in [6.07, 6.45) is 1.31. The number of amides is 3. The number of methoxy groups -OCH3 is 2. The van der Waals surface area contributed by atoms with Crippen molar-refractivity contribution in [2.45, 2.75) is 0 Å². The van der Waals surface area contributed by atoms with E-state index in [9.17, 15) is 14.4 Å². The zero-order valence-corrected chi connectivity index (χ0v) is 23.1. The molecule has 0 bridgehead atoms. The second-order valence-corrected chi connectivity index (χ2v) is 9.05. The lowest BCUT2D eigenvalue weighted by Crippen LogP contribution is -2.32. The molecule has 0 saturated carbocycles. The summed E-state index contributed by atoms with van der Waals surface area (Å²) in [5.41, 5.74) is 3.55. The van der Waals surface area contributed by atoms with Gasteiger partial charge in [-0.3, -0.25) is 14.4 Å². The SMILES string of the molecule is COc1ccc(NC(=O)C(=O)N/N=C\c2cc(Br)c(OCC(=O)Nc3ccc(Cl)c(Cl)c3)c(OC)c2)cc1. The number of nitrogens with zero attached hydrogens (tertiary/aromatic N) is 1. The quantitative estimate of drug-likeness (QED) is 0.177. The molecule has 0 aliphatic heterocycles. The Morgan fingerprint density at radius 3 is 2.26 bits per heavy atom. The molecule has 3 N–H and O–H groups in total. The highest BCUT2D eigenvalue weighted by Gasteiger charge is 2.15. The average molecular weight is 624 g/mol. The minimum atomic E-state index is -0.962. The fourth-order valence-electron chi connectivity index (χ4n) is 2.94. The number of hydrogen-bond acceptors (Lipinski definition) is 7. The normalized spacial score (nSPS) is 10.6. The first kappa shape index (κ1) is 28.8. The fraction of sp³-hybridized carbons (Fsp3) is 0.120. The van der Waals surface area contributed by atoms with E-state index in [1.807, 2.05) is 0 Å². The molecule has 0 atom stereocenters. The van der Waals surface area contributed by atoms with E-state index in [-0.39, 0.29) is 12.4 Å². The standard InChI is InChI=1S/C25H21BrCl2N4O6/c1-36-17-6-3-15(4-7-17)31-24(34)25(35)32-29-12-14-9-18(26)23(21(10-14)37-2)38-13-22(33)30-16-5-8-19(27)20(28)11-16/h3-12H,13H2,1-2H3,(H,30,33)(H,31,34)(H,32,35)/b29-12-. The molecule has 10 nitrogen and oxygen atoms in total. The number of benzene rings is 3. The number of nitrogens with one attached hydrogen (secondary N) is 3. The van der Waals surface area contributed by atoms with Gasteiger partial charge in [0, 0.05) is 11.4 Å². The van der Waals surface area contributed by atoms with Crippen LogP contribution in [0.15, 0.2) is 64.2 Å². The molecular formula is C25H21BrCl2N4O6. The molecule has 13 heteroatoms. The van der Waals surface area contributed by atoms with Gasteiger partial charge in [0.25, 0.3) is 5.91 Å². The predicted molar refractivity (Wildman–Crippen MR) is 149 cm³/mol. The minimum Gasteiger partial charge on any atom is -0.497 e. The summed E-state index contributed by atoms with van der Waals surface area (Å²) in [4.78, 5) is 36.4. The van der Waals surface area contributed by atoms with Gasteiger partial charge >= 0.3 is 11.8 Å². The Bertz CT molecular complexity index is 1370. The zero-order chi connectivity index (χ0) is 27.7. The first-order valence-corrected chi connectivity index (χ1v) is 12.3. The predicted octanol–water partition coefficient (Wildman–Crippen LogP) is 4.88. The molecule has 0 spiro atoms. The van der Waals surface area contributed by atoms with E-state index in [0.29, 0.717) is 43.0 Å². The fourth-order valence-corrected chi connectivity index (χ4v) is 3.81. The average Bonchev–Trinajstić information content (AvgIpc) is 2.90. The molecule has 0 aromatic heterocycles. The summed E-state index contributed by atoms with van der Waals surface area (Å²) in [6, 6.07) is 14.4. The van der Waals surface area contributed by atoms with Crippen LogP contribution in [0.1, 0.15) is 5.56 Å². The summed E-state index contributed by atoms with van der Waals surface area (Å²) in [7, 11) is 2.95. The molecular weight excluding hydrogens is 603 g/mol. The molecule has 0 saturated heterocycles. The maximum atomic E-state index is 12.3. The highest BCUT2D eigenvalue weighted by molar-refractivity contribution is 9.10. The Morgan fingerprint density at radius 2 is 1.61 bits per heavy atom. The molecule has 0 radical (unpaired) electrons. The van der Waals surface area contributed by atoms with Crippen molar-refractivity contribution in [2.75, 3.05) is 31.5 Å². The Balaban J connectivity index is 1.57. The number of carbonyl (C=O) groups excluding carboxylic acids is 3. The number of anilines is 2. The molecule has 38 heavy (non-hydrogen) atoms. The maximum Gasteiger partial charge on any atom is 0.329 e. The van der Waals surface area contributed by atoms with Crippen molar-refractivity contribution in [3.05, 3.63) is 74.7 Å². The van der Waals surface area contributed by atoms with Gasteiger partial charge in [-0.25, -0.2) is 5.43 Å². The van der Waals surface area contributed by atoms with Crippen LogP contribution in [0.25, 0.3) is 0 Å². The first-order chi connectivity index (χ1) is 18.2. The van der Waals surface area contributed by atoms with Crippen LogP contribution < -0.4 is 30.3 Å². The zero-order valence-electron chi connectivity index (χ0n) is 20.0. The van der Waals surface area contributed by atoms with E-state index in [1.165, 1.54) is 26.5 Å². The molecule has 0 fully saturated rings. The largest absolute Gasteiger partial charge is 0.497 e. The summed E-state index contributed by atoms with van der Waals surface area (Å²) < 4.78 is 16.5. The molecule has 0 unspecified atom stereocenters. The van der Waals surface area contributed by atoms with Crippen molar-refractivity contribution >= 4 is 74.4 Å². The Labute approximate surface area is 236 Å². The molecule has 0 heterocycles. The second kappa shape index (κ2) is 13.7. The summed E-state index contributed by atoms with van der Waals surface area (Å²) in [5, 5.41) is 9.59. The first-order valence-electron chi connectivity index (χ1n) is 10.7. The van der Waals surface area contributed by atoms with E-state index < -0.39 is 17.7 Å². The van der Waals surface area contributed by atoms with Crippen LogP contribution in [-0.2, 0) is 14.4 Å². The van der Waals surface area contributed by atoms with E-state index in [4.69, 9.17) is 37.4 Å². The highest BCUT2D eigenvalue weighted by Crippen LogP contribution is 2.36. The topological polar surface area (TPSA) is 127 Å². The van der Waals surface area contributed by atoms with Crippen molar-refractivity contribution in [1.82, 2.24) is 5.43 Å². The van der Waals surface area contributed by atoms with E-state index in [0.717, 1.165) is 0 Å². The van der Waals surface area contributed by atoms with Crippen LogP contribution in [0.2, 0.25) is 10.0 Å². The van der Waals surface area contributed by atoms with Gasteiger partial charge in [0.15, 0.2) is 18.1 Å². The van der Waals surface area contributed by atoms with Gasteiger partial charge in [-0.2, -0.15) is 5.10 Å². The van der Waals surface area contributed by atoms with Gasteiger partial charge in [-0.1, -0.05) is 23.2 Å². The highest BCUT2D eigenvalue weighted by atomic mass is 79.9. The molecule has 0 aliphatic carbocycles. The van der Waals surface area contributed by atoms with Crippen molar-refractivity contribution in [3.8, 4) is 17.2 Å². The molecule has 0 aliphatic rings. The monoisotopic (exact) mass is 622 g/mol. The molecule has 3 amide bonds. The third-order valence-corrected chi connectivity index (χ3v) is 6.06. The van der Waals surface area contributed by atoms with Gasteiger partial charge in [0.2, 0.25) is 0 Å². The number of hydrogen-bond donors (Lipinski definition) is 3. The van der Waals surface area contributed by atoms with Crippen molar-refractivity contribution in [1.29, 1.82) is 0 Å². The van der Waals surface area contributed by atoms with E-state index >= 15 is 0 Å². The van der Waals surface area contributed by atoms with Crippen LogP contribution in [0.4, 0.5) is 11.4 Å². The van der Waals surface area contributed by atoms with Crippen LogP contribution in [0.3, 0.4) is 0 Å². The number of hydrazone groups is 1. The van der Waals surface area contributed by atoms with Crippen LogP contribution in [0, 0.1) is 0 Å². The van der Waals surface area contributed by atoms with Gasteiger partial charge < -0.3 is 24.8 Å². The Morgan fingerprint density at radius 1 is 0.895 bits per heavy atom. The van der Waals surface area contributed by atoms with Crippen LogP contribution in [0.5, 0.6) is 17.2 Å². The summed E-state index contributed by atoms with van der Waals surface area (Å²) in [6.45, 7) is -0.317. The van der Waals surface area contributed by atoms with E-state index in [2.05, 4.69) is 37.1 Å². The van der Waals surface area contributed by atoms with Crippen molar-refractivity contribution in [3.63, 3.8) is 0 Å². The summed E-state index contributed by atoms with van der Waals surface area (Å²) >= 11 is 15.2. The molecule has 3 aromatic carbocycles. The van der Waals surface area contributed by atoms with Gasteiger partial charge in [-0.15, -0.1) is 0 Å². The van der Waals surface area contributed by atoms with Crippen LogP contribution in [-0.4, -0.2) is 44.8 Å². The lowest BCUT2D eigenvalue weighted by atomic mass is 10.2. The third kappa shape index (κ3) is 8.10. The third-order valence-electron chi connectivity index (χ3n) is 4.74. The van der Waals surface area contributed by atoms with Crippen molar-refractivity contribution < 1.29 is 28.6 Å². The second-order valence-electron chi connectivity index (χ2n) is 7.38.